The van der Waals surface area contributed by atoms with Gasteiger partial charge in [-0.05, 0) is 18.2 Å². The monoisotopic (exact) mass is 219 g/mol. The van der Waals surface area contributed by atoms with Gasteiger partial charge in [0.05, 0.1) is 11.6 Å². The topological polar surface area (TPSA) is 49.6 Å². The zero-order valence-corrected chi connectivity index (χ0v) is 8.68. The lowest BCUT2D eigenvalue weighted by molar-refractivity contribution is 1.01. The van der Waals surface area contributed by atoms with Gasteiger partial charge in [0.1, 0.15) is 5.51 Å². The summed E-state index contributed by atoms with van der Waals surface area (Å²) in [6.45, 7) is 0. The van der Waals surface area contributed by atoms with Gasteiger partial charge in [0, 0.05) is 4.90 Å². The van der Waals surface area contributed by atoms with Crippen LogP contribution in [0.15, 0.2) is 39.0 Å². The van der Waals surface area contributed by atoms with Gasteiger partial charge in [0.2, 0.25) is 0 Å². The van der Waals surface area contributed by atoms with Gasteiger partial charge in [-0.2, -0.15) is 5.26 Å². The quantitative estimate of drug-likeness (QED) is 0.778. The fraction of sp³-hybridized carbons (Fsp3) is 0. The van der Waals surface area contributed by atoms with Gasteiger partial charge in [0.15, 0.2) is 4.34 Å². The molecule has 5 heteroatoms. The molecule has 0 saturated heterocycles. The van der Waals surface area contributed by atoms with Crippen molar-refractivity contribution in [2.45, 2.75) is 9.24 Å². The second-order valence-electron chi connectivity index (χ2n) is 2.45. The first-order chi connectivity index (χ1) is 6.88. The first-order valence-corrected chi connectivity index (χ1v) is 5.52. The Morgan fingerprint density at radius 2 is 2.36 bits per heavy atom. The Hall–Kier alpha value is -1.38. The molecule has 0 N–H and O–H groups in total. The van der Waals surface area contributed by atoms with E-state index in [1.165, 1.54) is 23.1 Å². The van der Waals surface area contributed by atoms with Gasteiger partial charge in [-0.1, -0.05) is 29.2 Å². The van der Waals surface area contributed by atoms with Crippen LogP contribution in [0.25, 0.3) is 0 Å². The third-order valence-corrected chi connectivity index (χ3v) is 3.28. The lowest BCUT2D eigenvalue weighted by atomic mass is 10.2. The number of hydrogen-bond donors (Lipinski definition) is 0. The largest absolute Gasteiger partial charge is 0.192 e. The SMILES string of the molecule is N#Cc1cccc(Sc2nncs2)c1. The van der Waals surface area contributed by atoms with Crippen LogP contribution in [0.5, 0.6) is 0 Å². The summed E-state index contributed by atoms with van der Waals surface area (Å²) in [5.74, 6) is 0. The molecule has 2 rings (SSSR count). The van der Waals surface area contributed by atoms with Crippen LogP contribution in [0.4, 0.5) is 0 Å². The van der Waals surface area contributed by atoms with Crippen molar-refractivity contribution in [1.29, 1.82) is 5.26 Å². The molecule has 0 aliphatic rings. The Morgan fingerprint density at radius 1 is 1.43 bits per heavy atom. The Balaban J connectivity index is 2.22. The molecule has 1 aromatic carbocycles. The average molecular weight is 219 g/mol. The first-order valence-electron chi connectivity index (χ1n) is 3.82. The molecular formula is C9H5N3S2. The Kier molecular flexibility index (Phi) is 2.77. The highest BCUT2D eigenvalue weighted by molar-refractivity contribution is 8.01. The number of aromatic nitrogens is 2. The van der Waals surface area contributed by atoms with Crippen LogP contribution in [-0.4, -0.2) is 10.2 Å². The molecule has 0 aliphatic carbocycles. The maximum atomic E-state index is 8.70. The van der Waals surface area contributed by atoms with Crippen LogP contribution in [0.3, 0.4) is 0 Å². The van der Waals surface area contributed by atoms with E-state index >= 15 is 0 Å². The van der Waals surface area contributed by atoms with Gasteiger partial charge < -0.3 is 0 Å². The average Bonchev–Trinajstić information content (AvgIpc) is 2.71. The summed E-state index contributed by atoms with van der Waals surface area (Å²) in [4.78, 5) is 1.01. The van der Waals surface area contributed by atoms with Crippen molar-refractivity contribution in [2.24, 2.45) is 0 Å². The summed E-state index contributed by atoms with van der Waals surface area (Å²) >= 11 is 3.01. The van der Waals surface area contributed by atoms with E-state index in [1.54, 1.807) is 11.6 Å². The predicted molar refractivity (Wildman–Crippen MR) is 55.2 cm³/mol. The molecule has 0 unspecified atom stereocenters. The van der Waals surface area contributed by atoms with Crippen molar-refractivity contribution in [3.63, 3.8) is 0 Å². The molecule has 3 nitrogen and oxygen atoms in total. The van der Waals surface area contributed by atoms with Gasteiger partial charge in [-0.25, -0.2) is 0 Å². The standard InChI is InChI=1S/C9H5N3S2/c10-5-7-2-1-3-8(4-7)14-9-12-11-6-13-9/h1-4,6H. The highest BCUT2D eigenvalue weighted by Crippen LogP contribution is 2.28. The highest BCUT2D eigenvalue weighted by Gasteiger charge is 2.00. The van der Waals surface area contributed by atoms with Crippen molar-refractivity contribution in [3.8, 4) is 6.07 Å². The van der Waals surface area contributed by atoms with Gasteiger partial charge >= 0.3 is 0 Å². The van der Waals surface area contributed by atoms with Crippen LogP contribution in [0.1, 0.15) is 5.56 Å². The molecule has 0 amide bonds. The van der Waals surface area contributed by atoms with E-state index in [4.69, 9.17) is 5.26 Å². The van der Waals surface area contributed by atoms with E-state index in [9.17, 15) is 0 Å². The van der Waals surface area contributed by atoms with Crippen molar-refractivity contribution in [2.75, 3.05) is 0 Å². The molecule has 0 fully saturated rings. The van der Waals surface area contributed by atoms with Crippen molar-refractivity contribution < 1.29 is 0 Å². The summed E-state index contributed by atoms with van der Waals surface area (Å²) in [5.41, 5.74) is 2.36. The minimum Gasteiger partial charge on any atom is -0.192 e. The molecule has 0 bridgehead atoms. The second kappa shape index (κ2) is 4.22. The minimum absolute atomic E-state index is 0.666. The van der Waals surface area contributed by atoms with Gasteiger partial charge in [0.25, 0.3) is 0 Å². The zero-order valence-electron chi connectivity index (χ0n) is 7.04. The number of nitriles is 1. The number of benzene rings is 1. The molecule has 0 atom stereocenters. The fourth-order valence-electron chi connectivity index (χ4n) is 0.937. The molecule has 1 heterocycles. The molecular weight excluding hydrogens is 214 g/mol. The normalized spacial score (nSPS) is 9.64. The molecule has 1 aromatic heterocycles. The fourth-order valence-corrected chi connectivity index (χ4v) is 2.45. The van der Waals surface area contributed by atoms with E-state index in [1.807, 2.05) is 18.2 Å². The number of nitrogens with zero attached hydrogens (tertiary/aromatic N) is 3. The van der Waals surface area contributed by atoms with E-state index in [0.717, 1.165) is 9.24 Å². The Bertz CT molecular complexity index is 459. The summed E-state index contributed by atoms with van der Waals surface area (Å²) in [5, 5.41) is 16.4. The maximum Gasteiger partial charge on any atom is 0.178 e. The molecule has 14 heavy (non-hydrogen) atoms. The van der Waals surface area contributed by atoms with Crippen molar-refractivity contribution in [3.05, 3.63) is 35.3 Å². The summed E-state index contributed by atoms with van der Waals surface area (Å²) in [6.07, 6.45) is 0. The molecule has 0 spiro atoms. The molecule has 0 radical (unpaired) electrons. The van der Waals surface area contributed by atoms with Gasteiger partial charge in [-0.15, -0.1) is 10.2 Å². The van der Waals surface area contributed by atoms with Crippen LogP contribution in [-0.2, 0) is 0 Å². The third kappa shape index (κ3) is 2.10. The van der Waals surface area contributed by atoms with E-state index < -0.39 is 0 Å². The lowest BCUT2D eigenvalue weighted by Gasteiger charge is -1.96. The van der Waals surface area contributed by atoms with Crippen LogP contribution < -0.4 is 0 Å². The highest BCUT2D eigenvalue weighted by atomic mass is 32.2. The maximum absolute atomic E-state index is 8.70. The molecule has 0 aliphatic heterocycles. The second-order valence-corrected chi connectivity index (χ2v) is 4.60. The summed E-state index contributed by atoms with van der Waals surface area (Å²) in [6, 6.07) is 9.54. The molecule has 0 saturated carbocycles. The number of rotatable bonds is 2. The van der Waals surface area contributed by atoms with Crippen molar-refractivity contribution >= 4 is 23.1 Å². The minimum atomic E-state index is 0.666. The Morgan fingerprint density at radius 3 is 3.07 bits per heavy atom. The summed E-state index contributed by atoms with van der Waals surface area (Å²) < 4.78 is 0.889. The predicted octanol–water partition coefficient (Wildman–Crippen LogP) is 2.56. The third-order valence-electron chi connectivity index (χ3n) is 1.51. The zero-order chi connectivity index (χ0) is 9.80. The van der Waals surface area contributed by atoms with Crippen LogP contribution in [0.2, 0.25) is 0 Å². The van der Waals surface area contributed by atoms with Crippen molar-refractivity contribution in [1.82, 2.24) is 10.2 Å². The molecule has 68 valence electrons. The van der Waals surface area contributed by atoms with E-state index in [-0.39, 0.29) is 0 Å². The molecule has 2 aromatic rings. The van der Waals surface area contributed by atoms with Crippen LogP contribution in [0, 0.1) is 11.3 Å². The van der Waals surface area contributed by atoms with Crippen LogP contribution >= 0.6 is 23.1 Å². The Labute approximate surface area is 89.4 Å². The lowest BCUT2D eigenvalue weighted by Crippen LogP contribution is -1.76. The number of hydrogen-bond acceptors (Lipinski definition) is 5. The van der Waals surface area contributed by atoms with Gasteiger partial charge in [-0.3, -0.25) is 0 Å². The summed E-state index contributed by atoms with van der Waals surface area (Å²) in [7, 11) is 0. The first kappa shape index (κ1) is 9.19. The van der Waals surface area contributed by atoms with E-state index in [2.05, 4.69) is 16.3 Å². The van der Waals surface area contributed by atoms with E-state index in [0.29, 0.717) is 5.56 Å². The smallest absolute Gasteiger partial charge is 0.178 e.